The molecule has 1 fully saturated rings. The first-order valence-corrected chi connectivity index (χ1v) is 7.02. The summed E-state index contributed by atoms with van der Waals surface area (Å²) in [5.41, 5.74) is 0.919. The van der Waals surface area contributed by atoms with Crippen LogP contribution in [-0.2, 0) is 11.3 Å². The van der Waals surface area contributed by atoms with E-state index in [4.69, 9.17) is 9.47 Å². The molecule has 1 atom stereocenters. The highest BCUT2D eigenvalue weighted by Crippen LogP contribution is 2.30. The van der Waals surface area contributed by atoms with E-state index in [-0.39, 0.29) is 5.75 Å². The SMILES string of the molecule is CCOc1cccc(CN2CCOC(CC)C2)c1O. The summed E-state index contributed by atoms with van der Waals surface area (Å²) in [5, 5.41) is 10.2. The standard InChI is InChI=1S/C15H23NO3/c1-3-13-11-16(8-9-19-13)10-12-6-5-7-14(15(12)17)18-4-2/h5-7,13,17H,3-4,8-11H2,1-2H3. The van der Waals surface area contributed by atoms with Crippen molar-refractivity contribution in [1.82, 2.24) is 4.90 Å². The van der Waals surface area contributed by atoms with Crippen molar-refractivity contribution in [2.24, 2.45) is 0 Å². The third kappa shape index (κ3) is 3.61. The molecular formula is C15H23NO3. The van der Waals surface area contributed by atoms with Gasteiger partial charge in [0.1, 0.15) is 0 Å². The molecule has 1 heterocycles. The molecule has 4 nitrogen and oxygen atoms in total. The zero-order valence-corrected chi connectivity index (χ0v) is 11.8. The number of morpholine rings is 1. The van der Waals surface area contributed by atoms with Gasteiger partial charge in [0.15, 0.2) is 11.5 Å². The normalized spacial score (nSPS) is 20.4. The van der Waals surface area contributed by atoms with Gasteiger partial charge in [-0.15, -0.1) is 0 Å². The molecule has 1 unspecified atom stereocenters. The van der Waals surface area contributed by atoms with Gasteiger partial charge in [-0.3, -0.25) is 4.90 Å². The van der Waals surface area contributed by atoms with Crippen molar-refractivity contribution in [3.05, 3.63) is 23.8 Å². The maximum Gasteiger partial charge on any atom is 0.162 e. The van der Waals surface area contributed by atoms with Gasteiger partial charge < -0.3 is 14.6 Å². The maximum atomic E-state index is 10.2. The quantitative estimate of drug-likeness (QED) is 0.887. The first-order chi connectivity index (χ1) is 9.24. The van der Waals surface area contributed by atoms with Gasteiger partial charge in [0.25, 0.3) is 0 Å². The number of hydrogen-bond acceptors (Lipinski definition) is 4. The summed E-state index contributed by atoms with van der Waals surface area (Å²) in [7, 11) is 0. The Bertz CT molecular complexity index is 408. The number of hydrogen-bond donors (Lipinski definition) is 1. The van der Waals surface area contributed by atoms with Crippen LogP contribution in [0.25, 0.3) is 0 Å². The summed E-state index contributed by atoms with van der Waals surface area (Å²) in [6.07, 6.45) is 1.34. The molecule has 0 bridgehead atoms. The molecule has 1 N–H and O–H groups in total. The van der Waals surface area contributed by atoms with E-state index in [1.807, 2.05) is 19.1 Å². The number of phenolic OH excluding ortho intramolecular Hbond substituents is 1. The highest BCUT2D eigenvalue weighted by molar-refractivity contribution is 5.45. The number of rotatable bonds is 5. The van der Waals surface area contributed by atoms with Crippen molar-refractivity contribution in [2.45, 2.75) is 32.9 Å². The van der Waals surface area contributed by atoms with Crippen molar-refractivity contribution in [1.29, 1.82) is 0 Å². The molecule has 0 aliphatic carbocycles. The Morgan fingerprint density at radius 2 is 2.26 bits per heavy atom. The Hall–Kier alpha value is -1.26. The number of ether oxygens (including phenoxy) is 2. The largest absolute Gasteiger partial charge is 0.504 e. The Balaban J connectivity index is 2.04. The predicted molar refractivity (Wildman–Crippen MR) is 74.6 cm³/mol. The highest BCUT2D eigenvalue weighted by atomic mass is 16.5. The van der Waals surface area contributed by atoms with Crippen molar-refractivity contribution < 1.29 is 14.6 Å². The van der Waals surface area contributed by atoms with Crippen LogP contribution >= 0.6 is 0 Å². The van der Waals surface area contributed by atoms with Gasteiger partial charge in [-0.25, -0.2) is 0 Å². The van der Waals surface area contributed by atoms with Crippen LogP contribution in [0.1, 0.15) is 25.8 Å². The van der Waals surface area contributed by atoms with Crippen LogP contribution in [0.3, 0.4) is 0 Å². The maximum absolute atomic E-state index is 10.2. The second-order valence-electron chi connectivity index (χ2n) is 4.83. The molecule has 0 aromatic heterocycles. The Morgan fingerprint density at radius 3 is 3.00 bits per heavy atom. The molecule has 2 rings (SSSR count). The van der Waals surface area contributed by atoms with Gasteiger partial charge in [-0.05, 0) is 19.4 Å². The van der Waals surface area contributed by atoms with Gasteiger partial charge in [-0.1, -0.05) is 19.1 Å². The van der Waals surface area contributed by atoms with E-state index < -0.39 is 0 Å². The van der Waals surface area contributed by atoms with E-state index in [0.29, 0.717) is 18.5 Å². The summed E-state index contributed by atoms with van der Waals surface area (Å²) in [4.78, 5) is 2.32. The van der Waals surface area contributed by atoms with Crippen LogP contribution in [0.15, 0.2) is 18.2 Å². The number of aromatic hydroxyl groups is 1. The van der Waals surface area contributed by atoms with Crippen LogP contribution < -0.4 is 4.74 Å². The molecule has 0 radical (unpaired) electrons. The Morgan fingerprint density at radius 1 is 1.42 bits per heavy atom. The Labute approximate surface area is 114 Å². The van der Waals surface area contributed by atoms with Crippen LogP contribution in [0.2, 0.25) is 0 Å². The minimum absolute atomic E-state index is 0.267. The van der Waals surface area contributed by atoms with E-state index in [0.717, 1.165) is 38.2 Å². The summed E-state index contributed by atoms with van der Waals surface area (Å²) in [6.45, 7) is 7.97. The van der Waals surface area contributed by atoms with Gasteiger partial charge in [0, 0.05) is 25.2 Å². The Kier molecular flexibility index (Phi) is 5.05. The molecule has 4 heteroatoms. The number of benzene rings is 1. The summed E-state index contributed by atoms with van der Waals surface area (Å²) >= 11 is 0. The highest BCUT2D eigenvalue weighted by Gasteiger charge is 2.20. The zero-order valence-electron chi connectivity index (χ0n) is 11.8. The monoisotopic (exact) mass is 265 g/mol. The second-order valence-corrected chi connectivity index (χ2v) is 4.83. The molecule has 1 saturated heterocycles. The predicted octanol–water partition coefficient (Wildman–Crippen LogP) is 2.40. The lowest BCUT2D eigenvalue weighted by atomic mass is 10.1. The summed E-state index contributed by atoms with van der Waals surface area (Å²) in [5.74, 6) is 0.837. The molecule has 1 aliphatic heterocycles. The minimum Gasteiger partial charge on any atom is -0.504 e. The number of para-hydroxylation sites is 1. The smallest absolute Gasteiger partial charge is 0.162 e. The number of nitrogens with zero attached hydrogens (tertiary/aromatic N) is 1. The fourth-order valence-corrected chi connectivity index (χ4v) is 2.38. The minimum atomic E-state index is 0.267. The first kappa shape index (κ1) is 14.2. The average Bonchev–Trinajstić information content (AvgIpc) is 2.44. The third-order valence-electron chi connectivity index (χ3n) is 3.45. The van der Waals surface area contributed by atoms with Crippen LogP contribution in [0, 0.1) is 0 Å². The van der Waals surface area contributed by atoms with E-state index in [1.165, 1.54) is 0 Å². The van der Waals surface area contributed by atoms with E-state index >= 15 is 0 Å². The molecule has 1 aromatic rings. The van der Waals surface area contributed by atoms with Crippen molar-refractivity contribution in [3.8, 4) is 11.5 Å². The second kappa shape index (κ2) is 6.78. The third-order valence-corrected chi connectivity index (χ3v) is 3.45. The van der Waals surface area contributed by atoms with Crippen LogP contribution in [0.4, 0.5) is 0 Å². The summed E-state index contributed by atoms with van der Waals surface area (Å²) < 4.78 is 11.1. The molecular weight excluding hydrogens is 242 g/mol. The molecule has 0 spiro atoms. The van der Waals surface area contributed by atoms with Crippen LogP contribution in [-0.4, -0.2) is 42.4 Å². The molecule has 1 aliphatic rings. The molecule has 19 heavy (non-hydrogen) atoms. The fraction of sp³-hybridized carbons (Fsp3) is 0.600. The van der Waals surface area contributed by atoms with Crippen molar-refractivity contribution >= 4 is 0 Å². The van der Waals surface area contributed by atoms with Gasteiger partial charge in [0.05, 0.1) is 19.3 Å². The van der Waals surface area contributed by atoms with E-state index in [9.17, 15) is 5.11 Å². The fourth-order valence-electron chi connectivity index (χ4n) is 2.38. The lowest BCUT2D eigenvalue weighted by Gasteiger charge is -2.32. The number of phenols is 1. The molecule has 0 saturated carbocycles. The summed E-state index contributed by atoms with van der Waals surface area (Å²) in [6, 6.07) is 5.68. The van der Waals surface area contributed by atoms with Gasteiger partial charge in [-0.2, -0.15) is 0 Å². The molecule has 106 valence electrons. The van der Waals surface area contributed by atoms with Crippen LogP contribution in [0.5, 0.6) is 11.5 Å². The zero-order chi connectivity index (χ0) is 13.7. The average molecular weight is 265 g/mol. The van der Waals surface area contributed by atoms with Gasteiger partial charge >= 0.3 is 0 Å². The lowest BCUT2D eigenvalue weighted by Crippen LogP contribution is -2.41. The topological polar surface area (TPSA) is 41.9 Å². The molecule has 0 amide bonds. The lowest BCUT2D eigenvalue weighted by molar-refractivity contribution is -0.0326. The van der Waals surface area contributed by atoms with E-state index in [1.54, 1.807) is 6.07 Å². The first-order valence-electron chi connectivity index (χ1n) is 7.02. The van der Waals surface area contributed by atoms with E-state index in [2.05, 4.69) is 11.8 Å². The van der Waals surface area contributed by atoms with Crippen molar-refractivity contribution in [2.75, 3.05) is 26.3 Å². The van der Waals surface area contributed by atoms with Gasteiger partial charge in [0.2, 0.25) is 0 Å². The molecule has 1 aromatic carbocycles. The van der Waals surface area contributed by atoms with Crippen molar-refractivity contribution in [3.63, 3.8) is 0 Å².